The van der Waals surface area contributed by atoms with E-state index in [1.54, 1.807) is 21.1 Å². The van der Waals surface area contributed by atoms with E-state index in [4.69, 9.17) is 5.73 Å². The van der Waals surface area contributed by atoms with Gasteiger partial charge in [-0.2, -0.15) is 0 Å². The molecule has 1 atom stereocenters. The quantitative estimate of drug-likeness (QED) is 0.715. The molecule has 0 radical (unpaired) electrons. The molecule has 1 amide bonds. The van der Waals surface area contributed by atoms with Crippen molar-refractivity contribution in [1.29, 1.82) is 0 Å². The minimum absolute atomic E-state index is 0. The smallest absolute Gasteiger partial charge is 0.269 e. The Hall–Kier alpha value is -1.09. The van der Waals surface area contributed by atoms with Gasteiger partial charge in [0.1, 0.15) is 10.6 Å². The third-order valence-electron chi connectivity index (χ3n) is 3.43. The number of amides is 1. The van der Waals surface area contributed by atoms with Gasteiger partial charge in [0.2, 0.25) is 10.0 Å². The molecular formula is C14H27ClN4O3S. The van der Waals surface area contributed by atoms with E-state index in [9.17, 15) is 13.2 Å². The van der Waals surface area contributed by atoms with E-state index in [1.165, 1.54) is 21.7 Å². The molecule has 0 bridgehead atoms. The first-order valence-electron chi connectivity index (χ1n) is 7.33. The van der Waals surface area contributed by atoms with Gasteiger partial charge in [0.05, 0.1) is 0 Å². The molecule has 23 heavy (non-hydrogen) atoms. The zero-order valence-electron chi connectivity index (χ0n) is 14.1. The topological polar surface area (TPSA) is 97.4 Å². The van der Waals surface area contributed by atoms with Crippen molar-refractivity contribution >= 4 is 28.3 Å². The monoisotopic (exact) mass is 366 g/mol. The lowest BCUT2D eigenvalue weighted by atomic mass is 10.1. The Morgan fingerprint density at radius 1 is 1.43 bits per heavy atom. The van der Waals surface area contributed by atoms with Crippen molar-refractivity contribution in [3.63, 3.8) is 0 Å². The summed E-state index contributed by atoms with van der Waals surface area (Å²) >= 11 is 0. The number of nitrogens with one attached hydrogen (secondary N) is 1. The molecular weight excluding hydrogens is 340 g/mol. The lowest BCUT2D eigenvalue weighted by Gasteiger charge is -2.15. The predicted octanol–water partition coefficient (Wildman–Crippen LogP) is 0.944. The summed E-state index contributed by atoms with van der Waals surface area (Å²) in [5.74, 6) is -0.245. The van der Waals surface area contributed by atoms with Crippen LogP contribution in [-0.2, 0) is 17.1 Å². The van der Waals surface area contributed by atoms with Crippen LogP contribution in [0.15, 0.2) is 17.2 Å². The molecule has 9 heteroatoms. The molecule has 0 saturated heterocycles. The number of hydrogen-bond acceptors (Lipinski definition) is 4. The average Bonchev–Trinajstić information content (AvgIpc) is 2.85. The Morgan fingerprint density at radius 3 is 2.52 bits per heavy atom. The first-order valence-corrected chi connectivity index (χ1v) is 8.81. The minimum atomic E-state index is -3.68. The highest BCUT2D eigenvalue weighted by molar-refractivity contribution is 7.89. The summed E-state index contributed by atoms with van der Waals surface area (Å²) in [7, 11) is 1.21. The van der Waals surface area contributed by atoms with E-state index in [2.05, 4.69) is 4.72 Å². The summed E-state index contributed by atoms with van der Waals surface area (Å²) < 4.78 is 29.0. The summed E-state index contributed by atoms with van der Waals surface area (Å²) in [6.07, 6.45) is 4.02. The number of nitrogens with zero attached hydrogens (tertiary/aromatic N) is 2. The second-order valence-corrected chi connectivity index (χ2v) is 7.28. The fourth-order valence-corrected chi connectivity index (χ4v) is 3.44. The Kier molecular flexibility index (Phi) is 8.83. The fourth-order valence-electron chi connectivity index (χ4n) is 2.09. The molecule has 0 fully saturated rings. The molecule has 0 aliphatic carbocycles. The molecule has 1 unspecified atom stereocenters. The van der Waals surface area contributed by atoms with Gasteiger partial charge in [-0.1, -0.05) is 19.8 Å². The number of aryl methyl sites for hydroxylation is 1. The van der Waals surface area contributed by atoms with Crippen molar-refractivity contribution in [2.45, 2.75) is 37.1 Å². The number of carbonyl (C=O) groups is 1. The maximum Gasteiger partial charge on any atom is 0.269 e. The Morgan fingerprint density at radius 2 is 2.04 bits per heavy atom. The molecule has 1 heterocycles. The van der Waals surface area contributed by atoms with Gasteiger partial charge < -0.3 is 15.2 Å². The summed E-state index contributed by atoms with van der Waals surface area (Å²) in [6.45, 7) is 2.29. The SMILES string of the molecule is CCCCC(CN)NS(=O)(=O)c1cc(C(=O)N(C)C)n(C)c1.Cl. The molecule has 0 aromatic carbocycles. The number of unbranched alkanes of at least 4 members (excludes halogenated alkanes) is 1. The Labute approximate surface area is 144 Å². The highest BCUT2D eigenvalue weighted by Gasteiger charge is 2.23. The van der Waals surface area contributed by atoms with Gasteiger partial charge in [-0.25, -0.2) is 13.1 Å². The first kappa shape index (κ1) is 21.9. The molecule has 1 aromatic rings. The third-order valence-corrected chi connectivity index (χ3v) is 4.92. The van der Waals surface area contributed by atoms with Crippen LogP contribution >= 0.6 is 12.4 Å². The van der Waals surface area contributed by atoms with Crippen LogP contribution in [0.2, 0.25) is 0 Å². The minimum Gasteiger partial charge on any atom is -0.345 e. The van der Waals surface area contributed by atoms with E-state index in [1.807, 2.05) is 6.92 Å². The van der Waals surface area contributed by atoms with Crippen molar-refractivity contribution in [2.24, 2.45) is 12.8 Å². The first-order chi connectivity index (χ1) is 10.2. The molecule has 134 valence electrons. The van der Waals surface area contributed by atoms with Crippen LogP contribution in [0.25, 0.3) is 0 Å². The van der Waals surface area contributed by atoms with Crippen LogP contribution in [0.5, 0.6) is 0 Å². The van der Waals surface area contributed by atoms with Gasteiger partial charge in [-0.3, -0.25) is 4.79 Å². The van der Waals surface area contributed by atoms with Gasteiger partial charge in [0.15, 0.2) is 0 Å². The lowest BCUT2D eigenvalue weighted by molar-refractivity contribution is 0.0818. The van der Waals surface area contributed by atoms with Gasteiger partial charge >= 0.3 is 0 Å². The standard InChI is InChI=1S/C14H26N4O3S.ClH/c1-5-6-7-11(9-15)16-22(20,21)12-8-13(18(4)10-12)14(19)17(2)3;/h8,10-11,16H,5-7,9,15H2,1-4H3;1H. The summed E-state index contributed by atoms with van der Waals surface area (Å²) in [5.41, 5.74) is 5.95. The maximum atomic E-state index is 12.4. The van der Waals surface area contributed by atoms with Gasteiger partial charge in [-0.15, -0.1) is 12.4 Å². The number of hydrogen-bond donors (Lipinski definition) is 2. The van der Waals surface area contributed by atoms with Crippen molar-refractivity contribution in [3.8, 4) is 0 Å². The van der Waals surface area contributed by atoms with Gasteiger partial charge in [-0.05, 0) is 12.5 Å². The maximum absolute atomic E-state index is 12.4. The second kappa shape index (κ2) is 9.27. The summed E-state index contributed by atoms with van der Waals surface area (Å²) in [5, 5.41) is 0. The van der Waals surface area contributed by atoms with Crippen molar-refractivity contribution in [1.82, 2.24) is 14.2 Å². The van der Waals surface area contributed by atoms with E-state index < -0.39 is 10.0 Å². The predicted molar refractivity (Wildman–Crippen MR) is 93.4 cm³/mol. The van der Waals surface area contributed by atoms with Crippen molar-refractivity contribution in [3.05, 3.63) is 18.0 Å². The van der Waals surface area contributed by atoms with Crippen molar-refractivity contribution < 1.29 is 13.2 Å². The van der Waals surface area contributed by atoms with Crippen LogP contribution in [0.3, 0.4) is 0 Å². The molecule has 1 rings (SSSR count). The highest BCUT2D eigenvalue weighted by atomic mass is 35.5. The van der Waals surface area contributed by atoms with E-state index in [0.717, 1.165) is 12.8 Å². The van der Waals surface area contributed by atoms with Crippen LogP contribution in [0.1, 0.15) is 36.7 Å². The highest BCUT2D eigenvalue weighted by Crippen LogP contribution is 2.15. The number of carbonyl (C=O) groups excluding carboxylic acids is 1. The van der Waals surface area contributed by atoms with Crippen LogP contribution in [0, 0.1) is 0 Å². The zero-order chi connectivity index (χ0) is 16.9. The van der Waals surface area contributed by atoms with Crippen LogP contribution < -0.4 is 10.5 Å². The average molecular weight is 367 g/mol. The fraction of sp³-hybridized carbons (Fsp3) is 0.643. The third kappa shape index (κ3) is 5.80. The van der Waals surface area contributed by atoms with Crippen molar-refractivity contribution in [2.75, 3.05) is 20.6 Å². The van der Waals surface area contributed by atoms with Crippen LogP contribution in [-0.4, -0.2) is 50.5 Å². The summed E-state index contributed by atoms with van der Waals surface area (Å²) in [4.78, 5) is 13.5. The number of nitrogens with two attached hydrogens (primary N) is 1. The number of sulfonamides is 1. The molecule has 7 nitrogen and oxygen atoms in total. The van der Waals surface area contributed by atoms with E-state index in [0.29, 0.717) is 12.1 Å². The van der Waals surface area contributed by atoms with E-state index in [-0.39, 0.29) is 35.8 Å². The van der Waals surface area contributed by atoms with Gasteiger partial charge in [0.25, 0.3) is 5.91 Å². The van der Waals surface area contributed by atoms with Gasteiger partial charge in [0, 0.05) is 39.9 Å². The lowest BCUT2D eigenvalue weighted by Crippen LogP contribution is -2.40. The number of rotatable bonds is 8. The van der Waals surface area contributed by atoms with Crippen LogP contribution in [0.4, 0.5) is 0 Å². The summed E-state index contributed by atoms with van der Waals surface area (Å²) in [6, 6.07) is 1.09. The molecule has 0 saturated carbocycles. The zero-order valence-corrected chi connectivity index (χ0v) is 15.7. The molecule has 3 N–H and O–H groups in total. The Bertz CT molecular complexity index is 614. The largest absolute Gasteiger partial charge is 0.345 e. The number of aromatic nitrogens is 1. The molecule has 0 aliphatic heterocycles. The second-order valence-electron chi connectivity index (χ2n) is 5.57. The molecule has 0 spiro atoms. The number of halogens is 1. The molecule has 1 aromatic heterocycles. The molecule has 0 aliphatic rings. The van der Waals surface area contributed by atoms with E-state index >= 15 is 0 Å². The normalized spacial score (nSPS) is 12.6. The Balaban J connectivity index is 0.00000484.